The maximum Gasteiger partial charge on any atom is 0.234 e. The number of fused-ring (bicyclic) bond motifs is 4. The summed E-state index contributed by atoms with van der Waals surface area (Å²) in [5, 5.41) is 10.3. The van der Waals surface area contributed by atoms with E-state index in [0.717, 1.165) is 22.3 Å². The molecule has 2 amide bonds. The first kappa shape index (κ1) is 29.1. The first-order valence-electron chi connectivity index (χ1n) is 16.2. The van der Waals surface area contributed by atoms with E-state index in [4.69, 9.17) is 0 Å². The average molecular weight is 620 g/mol. The number of Topliss-reactive ketones (excluding diaryl/α,β-unsaturated/α-hetero) is 1. The quantitative estimate of drug-likeness (QED) is 0.206. The number of aromatic hydroxyl groups is 1. The Hall–Kier alpha value is -5.36. The number of carbonyl (C=O) groups is 4. The fraction of sp³-hybridized carbons (Fsp3) is 0.220. The van der Waals surface area contributed by atoms with Crippen molar-refractivity contribution in [3.63, 3.8) is 0 Å². The van der Waals surface area contributed by atoms with Crippen LogP contribution in [0.15, 0.2) is 133 Å². The summed E-state index contributed by atoms with van der Waals surface area (Å²) in [6, 6.07) is 35.1. The Bertz CT molecular complexity index is 1960. The van der Waals surface area contributed by atoms with E-state index < -0.39 is 35.0 Å². The molecule has 4 aromatic carbocycles. The van der Waals surface area contributed by atoms with Gasteiger partial charge >= 0.3 is 0 Å². The van der Waals surface area contributed by atoms with E-state index in [-0.39, 0.29) is 42.1 Å². The topological polar surface area (TPSA) is 91.8 Å². The molecule has 1 saturated heterocycles. The Balaban J connectivity index is 1.32. The second-order valence-corrected chi connectivity index (χ2v) is 13.1. The molecule has 6 heteroatoms. The molecule has 4 aliphatic rings. The summed E-state index contributed by atoms with van der Waals surface area (Å²) >= 11 is 0. The fourth-order valence-corrected chi connectivity index (χ4v) is 8.90. The van der Waals surface area contributed by atoms with Crippen LogP contribution in [0.2, 0.25) is 0 Å². The molecule has 8 rings (SSSR count). The zero-order valence-corrected chi connectivity index (χ0v) is 25.7. The third-order valence-electron chi connectivity index (χ3n) is 10.9. The molecule has 6 atom stereocenters. The number of amides is 2. The number of benzene rings is 4. The predicted octanol–water partition coefficient (Wildman–Crippen LogP) is 6.42. The van der Waals surface area contributed by atoms with E-state index in [2.05, 4.69) is 6.08 Å². The second kappa shape index (κ2) is 11.2. The van der Waals surface area contributed by atoms with Crippen molar-refractivity contribution in [1.82, 2.24) is 4.90 Å². The van der Waals surface area contributed by atoms with Gasteiger partial charge in [-0.2, -0.15) is 0 Å². The van der Waals surface area contributed by atoms with Crippen molar-refractivity contribution < 1.29 is 24.3 Å². The number of likely N-dealkylation sites (tertiary alicyclic amines) is 1. The van der Waals surface area contributed by atoms with Gasteiger partial charge in [-0.3, -0.25) is 24.1 Å². The molecule has 47 heavy (non-hydrogen) atoms. The number of hydrogen-bond acceptors (Lipinski definition) is 5. The summed E-state index contributed by atoms with van der Waals surface area (Å²) in [6.45, 7) is 0.199. The summed E-state index contributed by atoms with van der Waals surface area (Å²) < 4.78 is 0. The first-order chi connectivity index (χ1) is 22.9. The highest BCUT2D eigenvalue weighted by Gasteiger charge is 2.65. The lowest BCUT2D eigenvalue weighted by Gasteiger charge is -2.55. The van der Waals surface area contributed by atoms with E-state index in [0.29, 0.717) is 17.6 Å². The molecule has 1 saturated carbocycles. The highest BCUT2D eigenvalue weighted by Crippen LogP contribution is 2.63. The van der Waals surface area contributed by atoms with Gasteiger partial charge in [0.05, 0.1) is 23.8 Å². The number of nitrogens with zero attached hydrogens (tertiary/aromatic N) is 1. The normalized spacial score (nSPS) is 28.3. The maximum absolute atomic E-state index is 15.0. The van der Waals surface area contributed by atoms with E-state index >= 15 is 0 Å². The lowest BCUT2D eigenvalue weighted by molar-refractivity contribution is -0.141. The average Bonchev–Trinajstić information content (AvgIpc) is 3.35. The van der Waals surface area contributed by atoms with Crippen LogP contribution in [0.4, 0.5) is 0 Å². The Labute approximate surface area is 273 Å². The van der Waals surface area contributed by atoms with Crippen LogP contribution in [0.25, 0.3) is 5.57 Å². The molecular weight excluding hydrogens is 586 g/mol. The zero-order valence-electron chi connectivity index (χ0n) is 25.7. The number of rotatable bonds is 5. The van der Waals surface area contributed by atoms with Gasteiger partial charge < -0.3 is 5.11 Å². The van der Waals surface area contributed by atoms with E-state index in [1.807, 2.05) is 103 Å². The Morgan fingerprint density at radius 2 is 1.36 bits per heavy atom. The van der Waals surface area contributed by atoms with Gasteiger partial charge in [0.25, 0.3) is 0 Å². The number of phenols is 1. The molecule has 3 aliphatic carbocycles. The van der Waals surface area contributed by atoms with Crippen LogP contribution in [-0.4, -0.2) is 33.4 Å². The van der Waals surface area contributed by atoms with Crippen molar-refractivity contribution in [2.24, 2.45) is 23.7 Å². The van der Waals surface area contributed by atoms with Crippen molar-refractivity contribution >= 4 is 29.0 Å². The lowest BCUT2D eigenvalue weighted by atomic mass is 9.44. The van der Waals surface area contributed by atoms with Gasteiger partial charge in [-0.25, -0.2) is 0 Å². The van der Waals surface area contributed by atoms with E-state index in [1.54, 1.807) is 12.1 Å². The van der Waals surface area contributed by atoms with Gasteiger partial charge in [-0.15, -0.1) is 0 Å². The second-order valence-electron chi connectivity index (χ2n) is 13.1. The number of allylic oxidation sites excluding steroid dienone is 4. The molecule has 0 unspecified atom stereocenters. The largest absolute Gasteiger partial charge is 0.508 e. The molecular formula is C41H33NO5. The molecule has 0 bridgehead atoms. The number of ketones is 2. The number of carbonyl (C=O) groups excluding carboxylic acids is 4. The number of phenolic OH excluding ortho intramolecular Hbond substituents is 1. The van der Waals surface area contributed by atoms with Gasteiger partial charge in [-0.1, -0.05) is 115 Å². The summed E-state index contributed by atoms with van der Waals surface area (Å²) in [4.78, 5) is 59.4. The van der Waals surface area contributed by atoms with Crippen molar-refractivity contribution in [2.45, 2.75) is 30.7 Å². The molecule has 0 aromatic heterocycles. The SMILES string of the molecule is O=C1C(c2ccccc2)=CC(=O)[C@@]2(c3ccccc3)[C@@H](c3ccc(O)cc3)C3=CC[C@@H]4C(=O)N(Cc5ccccc5)C(=O)[C@@H]4[C@@H]3C[C@@H]12. The van der Waals surface area contributed by atoms with Crippen LogP contribution < -0.4 is 0 Å². The monoisotopic (exact) mass is 619 g/mol. The molecule has 6 nitrogen and oxygen atoms in total. The molecule has 4 aromatic rings. The lowest BCUT2D eigenvalue weighted by Crippen LogP contribution is -2.58. The van der Waals surface area contributed by atoms with Gasteiger partial charge in [0.1, 0.15) is 5.75 Å². The third-order valence-corrected chi connectivity index (χ3v) is 10.9. The van der Waals surface area contributed by atoms with Crippen molar-refractivity contribution in [2.75, 3.05) is 0 Å². The molecule has 1 heterocycles. The fourth-order valence-electron chi connectivity index (χ4n) is 8.90. The van der Waals surface area contributed by atoms with Gasteiger partial charge in [0.2, 0.25) is 11.8 Å². The van der Waals surface area contributed by atoms with Crippen LogP contribution in [0.1, 0.15) is 41.0 Å². The molecule has 232 valence electrons. The smallest absolute Gasteiger partial charge is 0.234 e. The van der Waals surface area contributed by atoms with Crippen molar-refractivity contribution in [1.29, 1.82) is 0 Å². The van der Waals surface area contributed by atoms with Crippen LogP contribution in [0.5, 0.6) is 5.75 Å². The molecule has 1 N–H and O–H groups in total. The number of imide groups is 1. The molecule has 0 radical (unpaired) electrons. The molecule has 1 aliphatic heterocycles. The number of hydrogen-bond donors (Lipinski definition) is 1. The van der Waals surface area contributed by atoms with Crippen LogP contribution in [-0.2, 0) is 31.1 Å². The van der Waals surface area contributed by atoms with E-state index in [1.165, 1.54) is 11.0 Å². The molecule has 2 fully saturated rings. The van der Waals surface area contributed by atoms with Crippen LogP contribution >= 0.6 is 0 Å². The van der Waals surface area contributed by atoms with Gasteiger partial charge in [0, 0.05) is 17.4 Å². The van der Waals surface area contributed by atoms with Crippen LogP contribution in [0.3, 0.4) is 0 Å². The molecule has 0 spiro atoms. The summed E-state index contributed by atoms with van der Waals surface area (Å²) in [7, 11) is 0. The highest BCUT2D eigenvalue weighted by molar-refractivity contribution is 6.31. The van der Waals surface area contributed by atoms with Gasteiger partial charge in [0.15, 0.2) is 11.6 Å². The minimum atomic E-state index is -1.28. The Kier molecular flexibility index (Phi) is 6.90. The van der Waals surface area contributed by atoms with Gasteiger partial charge in [-0.05, 0) is 59.2 Å². The predicted molar refractivity (Wildman–Crippen MR) is 177 cm³/mol. The zero-order chi connectivity index (χ0) is 32.3. The Morgan fingerprint density at radius 3 is 2.04 bits per heavy atom. The minimum Gasteiger partial charge on any atom is -0.508 e. The van der Waals surface area contributed by atoms with E-state index in [9.17, 15) is 24.3 Å². The highest BCUT2D eigenvalue weighted by atomic mass is 16.3. The third kappa shape index (κ3) is 4.38. The first-order valence-corrected chi connectivity index (χ1v) is 16.2. The van der Waals surface area contributed by atoms with Crippen molar-refractivity contribution in [3.8, 4) is 5.75 Å². The summed E-state index contributed by atoms with van der Waals surface area (Å²) in [5.74, 6) is -3.56. The maximum atomic E-state index is 15.0. The van der Waals surface area contributed by atoms with Crippen LogP contribution in [0, 0.1) is 23.7 Å². The summed E-state index contributed by atoms with van der Waals surface area (Å²) in [5.41, 5.74) is 3.08. The van der Waals surface area contributed by atoms with Crippen molar-refractivity contribution in [3.05, 3.63) is 155 Å². The minimum absolute atomic E-state index is 0.0922. The standard InChI is InChI=1S/C41H33NO5/c43-29-18-16-27(17-19-29)37-30-20-21-31-36(40(47)42(39(31)46)24-25-10-4-1-5-11-25)33(30)22-34-38(45)32(26-12-6-2-7-13-26)23-35(44)41(34,37)28-14-8-3-9-15-28/h1-20,23,31,33-34,36-37,43H,21-22,24H2/t31-,33+,34-,36-,37-,41-/m0/s1. The Morgan fingerprint density at radius 1 is 0.723 bits per heavy atom. The summed E-state index contributed by atoms with van der Waals surface area (Å²) in [6.07, 6.45) is 4.23.